The molecule has 0 aromatic heterocycles. The molecule has 0 radical (unpaired) electrons. The van der Waals surface area contributed by atoms with Crippen LogP contribution in [0.5, 0.6) is 5.75 Å². The molecule has 2 atom stereocenters. The zero-order valence-electron chi connectivity index (χ0n) is 15.6. The lowest BCUT2D eigenvalue weighted by Gasteiger charge is -2.19. The minimum Gasteiger partial charge on any atom is -0.492 e. The summed E-state index contributed by atoms with van der Waals surface area (Å²) in [4.78, 5) is 11.5. The number of hydrogen-bond acceptors (Lipinski definition) is 5. The molecule has 1 saturated heterocycles. The van der Waals surface area contributed by atoms with Gasteiger partial charge in [-0.2, -0.15) is 0 Å². The molecule has 1 fully saturated rings. The Morgan fingerprint density at radius 3 is 2.80 bits per heavy atom. The Balaban J connectivity index is 1.67. The molecule has 1 aromatic carbocycles. The first-order chi connectivity index (χ1) is 11.8. The van der Waals surface area contributed by atoms with Gasteiger partial charge >= 0.3 is 6.09 Å². The number of amides is 1. The predicted octanol–water partition coefficient (Wildman–Crippen LogP) is 3.57. The molecule has 0 bridgehead atoms. The van der Waals surface area contributed by atoms with Crippen molar-refractivity contribution in [3.63, 3.8) is 0 Å². The summed E-state index contributed by atoms with van der Waals surface area (Å²) in [6, 6.07) is 7.79. The largest absolute Gasteiger partial charge is 0.492 e. The molecule has 140 valence electrons. The predicted molar refractivity (Wildman–Crippen MR) is 98.2 cm³/mol. The van der Waals surface area contributed by atoms with Crippen LogP contribution in [0.3, 0.4) is 0 Å². The summed E-state index contributed by atoms with van der Waals surface area (Å²) in [6.07, 6.45) is 2.43. The van der Waals surface area contributed by atoms with Crippen molar-refractivity contribution < 1.29 is 19.0 Å². The normalized spacial score (nSPS) is 20.2. The third kappa shape index (κ3) is 7.65. The third-order valence-electron chi connectivity index (χ3n) is 3.73. The van der Waals surface area contributed by atoms with Crippen LogP contribution in [0.1, 0.15) is 40.5 Å². The van der Waals surface area contributed by atoms with Gasteiger partial charge in [-0.15, -0.1) is 0 Å². The minimum atomic E-state index is -0.494. The van der Waals surface area contributed by atoms with E-state index in [1.54, 1.807) is 0 Å². The van der Waals surface area contributed by atoms with Gasteiger partial charge in [0.2, 0.25) is 0 Å². The summed E-state index contributed by atoms with van der Waals surface area (Å²) in [5.41, 5.74) is 0.506. The van der Waals surface area contributed by atoms with Crippen molar-refractivity contribution in [2.45, 2.75) is 58.3 Å². The lowest BCUT2D eigenvalue weighted by atomic mass is 10.2. The number of anilines is 1. The molecule has 25 heavy (non-hydrogen) atoms. The van der Waals surface area contributed by atoms with Gasteiger partial charge in [-0.05, 0) is 52.7 Å². The van der Waals surface area contributed by atoms with Crippen molar-refractivity contribution in [2.24, 2.45) is 0 Å². The van der Waals surface area contributed by atoms with Crippen molar-refractivity contribution in [3.05, 3.63) is 24.3 Å². The zero-order chi connectivity index (χ0) is 18.3. The quantitative estimate of drug-likeness (QED) is 0.736. The second-order valence-corrected chi connectivity index (χ2v) is 7.33. The third-order valence-corrected chi connectivity index (χ3v) is 3.73. The summed E-state index contributed by atoms with van der Waals surface area (Å²) < 4.78 is 16.6. The fourth-order valence-electron chi connectivity index (χ4n) is 2.60. The van der Waals surface area contributed by atoms with Gasteiger partial charge in [-0.1, -0.05) is 6.07 Å². The number of rotatable bonds is 7. The van der Waals surface area contributed by atoms with Crippen LogP contribution in [0, 0.1) is 0 Å². The van der Waals surface area contributed by atoms with Crippen molar-refractivity contribution >= 4 is 11.8 Å². The molecule has 6 nitrogen and oxygen atoms in total. The summed E-state index contributed by atoms with van der Waals surface area (Å²) >= 11 is 0. The van der Waals surface area contributed by atoms with E-state index in [0.717, 1.165) is 30.8 Å². The molecule has 6 heteroatoms. The van der Waals surface area contributed by atoms with Crippen molar-refractivity contribution in [1.29, 1.82) is 0 Å². The van der Waals surface area contributed by atoms with Gasteiger partial charge in [-0.25, -0.2) is 4.79 Å². The van der Waals surface area contributed by atoms with Crippen LogP contribution in [0.2, 0.25) is 0 Å². The van der Waals surface area contributed by atoms with Crippen LogP contribution < -0.4 is 15.4 Å². The minimum absolute atomic E-state index is 0.276. The summed E-state index contributed by atoms with van der Waals surface area (Å²) in [5.74, 6) is 0.761. The number of alkyl carbamates (subject to hydrolysis) is 1. The van der Waals surface area contributed by atoms with E-state index in [0.29, 0.717) is 19.3 Å². The highest BCUT2D eigenvalue weighted by Crippen LogP contribution is 2.21. The van der Waals surface area contributed by atoms with Gasteiger partial charge in [0.25, 0.3) is 0 Å². The smallest absolute Gasteiger partial charge is 0.407 e. The lowest BCUT2D eigenvalue weighted by Crippen LogP contribution is -2.34. The van der Waals surface area contributed by atoms with E-state index in [9.17, 15) is 4.79 Å². The highest BCUT2D eigenvalue weighted by Gasteiger charge is 2.21. The molecule has 1 aliphatic rings. The van der Waals surface area contributed by atoms with Gasteiger partial charge in [0.1, 0.15) is 18.0 Å². The zero-order valence-corrected chi connectivity index (χ0v) is 15.6. The maximum Gasteiger partial charge on any atom is 0.407 e. The summed E-state index contributed by atoms with van der Waals surface area (Å²) in [5, 5.41) is 6.06. The molecule has 1 amide bonds. The number of benzene rings is 1. The van der Waals surface area contributed by atoms with Crippen LogP contribution >= 0.6 is 0 Å². The summed E-state index contributed by atoms with van der Waals surface area (Å²) in [7, 11) is 0. The second-order valence-electron chi connectivity index (χ2n) is 7.33. The average Bonchev–Trinajstić information content (AvgIpc) is 2.94. The first kappa shape index (κ1) is 19.4. The first-order valence-electron chi connectivity index (χ1n) is 8.91. The van der Waals surface area contributed by atoms with E-state index in [4.69, 9.17) is 14.2 Å². The van der Waals surface area contributed by atoms with Gasteiger partial charge in [0.05, 0.1) is 18.8 Å². The van der Waals surface area contributed by atoms with Gasteiger partial charge in [0.15, 0.2) is 0 Å². The molecule has 0 spiro atoms. The Labute approximate surface area is 150 Å². The Hall–Kier alpha value is -1.95. The maximum absolute atomic E-state index is 11.5. The van der Waals surface area contributed by atoms with Gasteiger partial charge in [0, 0.05) is 18.3 Å². The van der Waals surface area contributed by atoms with E-state index >= 15 is 0 Å². The number of nitrogens with one attached hydrogen (secondary N) is 2. The lowest BCUT2D eigenvalue weighted by molar-refractivity contribution is 0.0520. The van der Waals surface area contributed by atoms with Gasteiger partial charge < -0.3 is 24.8 Å². The topological polar surface area (TPSA) is 68.8 Å². The first-order valence-corrected chi connectivity index (χ1v) is 8.91. The van der Waals surface area contributed by atoms with Crippen molar-refractivity contribution in [1.82, 2.24) is 5.32 Å². The molecule has 1 aromatic rings. The van der Waals surface area contributed by atoms with E-state index in [1.807, 2.05) is 45.0 Å². The number of carbonyl (C=O) groups excluding carboxylic acids is 1. The van der Waals surface area contributed by atoms with Crippen molar-refractivity contribution in [3.8, 4) is 5.75 Å². The SMILES string of the molecule is CC1CCC(CNc2cccc(OCCNC(=O)OC(C)(C)C)c2)O1. The van der Waals surface area contributed by atoms with E-state index < -0.39 is 11.7 Å². The Morgan fingerprint density at radius 2 is 2.12 bits per heavy atom. The fraction of sp³-hybridized carbons (Fsp3) is 0.632. The molecule has 2 unspecified atom stereocenters. The number of hydrogen-bond donors (Lipinski definition) is 2. The molecule has 0 saturated carbocycles. The van der Waals surface area contributed by atoms with Gasteiger partial charge in [-0.3, -0.25) is 0 Å². The Morgan fingerprint density at radius 1 is 1.32 bits per heavy atom. The highest BCUT2D eigenvalue weighted by atomic mass is 16.6. The molecule has 2 rings (SSSR count). The molecule has 2 N–H and O–H groups in total. The van der Waals surface area contributed by atoms with Crippen LogP contribution in [0.4, 0.5) is 10.5 Å². The average molecular weight is 350 g/mol. The monoisotopic (exact) mass is 350 g/mol. The van der Waals surface area contributed by atoms with E-state index in [2.05, 4.69) is 17.6 Å². The van der Waals surface area contributed by atoms with Crippen molar-refractivity contribution in [2.75, 3.05) is 25.0 Å². The van der Waals surface area contributed by atoms with Crippen LogP contribution in [0.25, 0.3) is 0 Å². The van der Waals surface area contributed by atoms with E-state index in [1.165, 1.54) is 0 Å². The molecular weight excluding hydrogens is 320 g/mol. The fourth-order valence-corrected chi connectivity index (χ4v) is 2.60. The van der Waals surface area contributed by atoms with E-state index in [-0.39, 0.29) is 6.10 Å². The van der Waals surface area contributed by atoms with Crippen LogP contribution in [-0.2, 0) is 9.47 Å². The molecule has 1 aliphatic heterocycles. The molecule has 0 aliphatic carbocycles. The highest BCUT2D eigenvalue weighted by molar-refractivity contribution is 5.67. The van der Waals surface area contributed by atoms with Crippen LogP contribution in [-0.4, -0.2) is 43.6 Å². The number of ether oxygens (including phenoxy) is 3. The number of carbonyl (C=O) groups is 1. The summed E-state index contributed by atoms with van der Waals surface area (Å²) in [6.45, 7) is 9.18. The molecule has 1 heterocycles. The second kappa shape index (κ2) is 8.94. The Kier molecular flexibility index (Phi) is 6.93. The molecular formula is C19H30N2O4. The van der Waals surface area contributed by atoms with Crippen LogP contribution in [0.15, 0.2) is 24.3 Å². The Bertz CT molecular complexity index is 557. The maximum atomic E-state index is 11.5. The standard InChI is InChI=1S/C19H30N2O4/c1-14-8-9-17(24-14)13-21-15-6-5-7-16(12-15)23-11-10-20-18(22)25-19(2,3)4/h5-7,12,14,17,21H,8-11,13H2,1-4H3,(H,20,22).